The van der Waals surface area contributed by atoms with Gasteiger partial charge < -0.3 is 29.8 Å². The van der Waals surface area contributed by atoms with Crippen LogP contribution in [0, 0.1) is 5.41 Å². The lowest BCUT2D eigenvalue weighted by molar-refractivity contribution is -0.136. The zero-order chi connectivity index (χ0) is 46.4. The summed E-state index contributed by atoms with van der Waals surface area (Å²) in [5, 5.41) is 28.7. The van der Waals surface area contributed by atoms with E-state index in [-0.39, 0.29) is 49.2 Å². The maximum absolute atomic E-state index is 13.3. The van der Waals surface area contributed by atoms with E-state index < -0.39 is 29.7 Å². The van der Waals surface area contributed by atoms with Crippen molar-refractivity contribution in [2.24, 2.45) is 0 Å². The molecule has 16 heteroatoms. The van der Waals surface area contributed by atoms with Crippen LogP contribution >= 0.6 is 0 Å². The molecule has 2 atom stereocenters. The highest BCUT2D eigenvalue weighted by Gasteiger charge is 2.45. The molecule has 1 saturated heterocycles. The zero-order valence-electron chi connectivity index (χ0n) is 36.7. The van der Waals surface area contributed by atoms with Crippen LogP contribution in [0.2, 0.25) is 0 Å². The van der Waals surface area contributed by atoms with Crippen molar-refractivity contribution in [2.75, 3.05) is 44.8 Å². The number of amides is 5. The number of piperidine rings is 1. The molecular weight excluding hydrogens is 853 g/mol. The van der Waals surface area contributed by atoms with Gasteiger partial charge in [0.2, 0.25) is 11.8 Å². The first kappa shape index (κ1) is 44.7. The van der Waals surface area contributed by atoms with Crippen LogP contribution in [0.25, 0.3) is 39.1 Å². The third-order valence-electron chi connectivity index (χ3n) is 12.3. The van der Waals surface area contributed by atoms with E-state index in [1.54, 1.807) is 36.7 Å². The predicted molar refractivity (Wildman–Crippen MR) is 250 cm³/mol. The second kappa shape index (κ2) is 19.9. The number of fused-ring (bicyclic) bond motifs is 2. The number of aliphatic hydroxyl groups excluding tert-OH is 1. The first-order chi connectivity index (χ1) is 32.7. The average molecular weight is 903 g/mol. The fourth-order valence-electron chi connectivity index (χ4n) is 8.96. The van der Waals surface area contributed by atoms with Crippen LogP contribution in [-0.4, -0.2) is 105 Å². The second-order valence-electron chi connectivity index (χ2n) is 16.6. The first-order valence-electron chi connectivity index (χ1n) is 22.5. The molecule has 3 aliphatic rings. The molecule has 1 fully saturated rings. The van der Waals surface area contributed by atoms with E-state index in [0.717, 1.165) is 43.9 Å². The molecule has 67 heavy (non-hydrogen) atoms. The van der Waals surface area contributed by atoms with E-state index >= 15 is 0 Å². The van der Waals surface area contributed by atoms with Gasteiger partial charge in [0, 0.05) is 48.6 Å². The van der Waals surface area contributed by atoms with Gasteiger partial charge in [0.05, 0.1) is 54.7 Å². The maximum atomic E-state index is 13.3. The molecule has 9 rings (SSSR count). The fraction of sp³-hybridized carbons (Fsp3) is 0.275. The molecule has 0 radical (unpaired) electrons. The number of nitrogens with zero attached hydrogens (tertiary/aromatic N) is 4. The number of aromatic nitrogens is 3. The lowest BCUT2D eigenvalue weighted by atomic mass is 9.98. The van der Waals surface area contributed by atoms with Gasteiger partial charge in [0.25, 0.3) is 17.7 Å². The highest BCUT2D eigenvalue weighted by Crippen LogP contribution is 2.40. The highest BCUT2D eigenvalue weighted by molar-refractivity contribution is 6.25. The van der Waals surface area contributed by atoms with Gasteiger partial charge in [-0.15, -0.1) is 0 Å². The van der Waals surface area contributed by atoms with E-state index in [0.29, 0.717) is 74.5 Å². The van der Waals surface area contributed by atoms with Crippen molar-refractivity contribution in [3.05, 3.63) is 143 Å². The Morgan fingerprint density at radius 2 is 1.51 bits per heavy atom. The quantitative estimate of drug-likeness (QED) is 0.0585. The van der Waals surface area contributed by atoms with Crippen LogP contribution in [0.4, 0.5) is 5.69 Å². The molecule has 16 nitrogen and oxygen atoms in total. The van der Waals surface area contributed by atoms with Crippen molar-refractivity contribution in [3.8, 4) is 22.4 Å². The summed E-state index contributed by atoms with van der Waals surface area (Å²) in [6.45, 7) is 2.22. The minimum atomic E-state index is -1.04. The standard InChI is InChI=1S/C51H50N8O8/c52-46-44-42(33-8-3-1-4-9-33)45(34-10-5-2-6-11-34)57(47(44)55-31-58(46)36-18-20-37(60)21-19-36)30-32-14-16-35(17-15-32)48(62)54-25-27-67-29-28-66-26-24-53-39-13-7-12-38-43(39)51(65)59(50(38)64)40-22-23-41(61)56-49(40)63/h1-18,31,37,40,52-53,60H,19-30H2,(H,54,62)(H,56,61,63)/t37-,40?/m1/s1. The SMILES string of the molecule is N=c1c2c(-c3ccccc3)c(-c3ccccc3)n(Cc3ccc(C(=O)NCCOCCOCCNc4cccc5c4C(=O)N(C4CCC(=O)NC4=O)C5=O)cc3)c2ncn1C1=CC[C@@H](O)CC1. The molecule has 6 aromatic rings. The summed E-state index contributed by atoms with van der Waals surface area (Å²) in [5.74, 6) is -2.47. The molecule has 0 spiro atoms. The molecule has 342 valence electrons. The molecule has 2 aliphatic heterocycles. The molecule has 0 bridgehead atoms. The van der Waals surface area contributed by atoms with Gasteiger partial charge in [-0.05, 0) is 66.6 Å². The van der Waals surface area contributed by atoms with Crippen molar-refractivity contribution < 1.29 is 38.6 Å². The summed E-state index contributed by atoms with van der Waals surface area (Å²) in [6.07, 6.45) is 5.28. The Balaban J connectivity index is 0.781. The lowest BCUT2D eigenvalue weighted by Crippen LogP contribution is -2.54. The summed E-state index contributed by atoms with van der Waals surface area (Å²) in [7, 11) is 0. The third kappa shape index (κ3) is 9.32. The van der Waals surface area contributed by atoms with Crippen molar-refractivity contribution in [3.63, 3.8) is 0 Å². The Bertz CT molecular complexity index is 2950. The first-order valence-corrected chi connectivity index (χ1v) is 22.5. The Morgan fingerprint density at radius 1 is 0.791 bits per heavy atom. The van der Waals surface area contributed by atoms with E-state index in [1.807, 2.05) is 59.2 Å². The van der Waals surface area contributed by atoms with Gasteiger partial charge in [0.1, 0.15) is 23.5 Å². The number of hydrogen-bond acceptors (Lipinski definition) is 11. The molecule has 1 unspecified atom stereocenters. The average Bonchev–Trinajstić information content (AvgIpc) is 3.81. The lowest BCUT2D eigenvalue weighted by Gasteiger charge is -2.27. The van der Waals surface area contributed by atoms with Gasteiger partial charge >= 0.3 is 0 Å². The van der Waals surface area contributed by atoms with Crippen LogP contribution in [0.5, 0.6) is 0 Å². The number of benzene rings is 4. The third-order valence-corrected chi connectivity index (χ3v) is 12.3. The maximum Gasteiger partial charge on any atom is 0.264 e. The topological polar surface area (TPSA) is 210 Å². The Morgan fingerprint density at radius 3 is 2.21 bits per heavy atom. The summed E-state index contributed by atoms with van der Waals surface area (Å²) in [6, 6.07) is 31.5. The number of carbonyl (C=O) groups is 5. The van der Waals surface area contributed by atoms with Gasteiger partial charge in [-0.1, -0.05) is 84.9 Å². The van der Waals surface area contributed by atoms with Gasteiger partial charge in [-0.3, -0.25) is 44.2 Å². The fourth-order valence-corrected chi connectivity index (χ4v) is 8.96. The summed E-state index contributed by atoms with van der Waals surface area (Å²) >= 11 is 0. The minimum absolute atomic E-state index is 0.0469. The minimum Gasteiger partial charge on any atom is -0.393 e. The number of hydrogen-bond donors (Lipinski definition) is 5. The smallest absolute Gasteiger partial charge is 0.264 e. The van der Waals surface area contributed by atoms with Crippen molar-refractivity contribution >= 4 is 52.0 Å². The van der Waals surface area contributed by atoms with E-state index in [2.05, 4.69) is 44.8 Å². The van der Waals surface area contributed by atoms with Crippen LogP contribution in [0.3, 0.4) is 0 Å². The number of imide groups is 2. The summed E-state index contributed by atoms with van der Waals surface area (Å²) < 4.78 is 15.4. The predicted octanol–water partition coefficient (Wildman–Crippen LogP) is 5.36. The van der Waals surface area contributed by atoms with Crippen molar-refractivity contribution in [2.45, 2.75) is 50.8 Å². The van der Waals surface area contributed by atoms with Crippen molar-refractivity contribution in [1.29, 1.82) is 5.41 Å². The summed E-state index contributed by atoms with van der Waals surface area (Å²) in [5.41, 5.74) is 8.04. The second-order valence-corrected chi connectivity index (χ2v) is 16.6. The molecular formula is C51H50N8O8. The molecule has 1 aliphatic carbocycles. The number of aliphatic hydroxyl groups is 1. The number of rotatable bonds is 17. The number of anilines is 1. The normalized spacial score (nSPS) is 17.1. The van der Waals surface area contributed by atoms with Crippen molar-refractivity contribution in [1.82, 2.24) is 29.7 Å². The Labute approximate surface area is 385 Å². The largest absolute Gasteiger partial charge is 0.393 e. The van der Waals surface area contributed by atoms with Gasteiger partial charge in [-0.25, -0.2) is 4.98 Å². The Kier molecular flexibility index (Phi) is 13.3. The molecule has 5 N–H and O–H groups in total. The summed E-state index contributed by atoms with van der Waals surface area (Å²) in [4.78, 5) is 69.5. The van der Waals surface area contributed by atoms with E-state index in [1.165, 1.54) is 0 Å². The Hall–Kier alpha value is -7.53. The monoisotopic (exact) mass is 902 g/mol. The van der Waals surface area contributed by atoms with Gasteiger partial charge in [-0.2, -0.15) is 0 Å². The van der Waals surface area contributed by atoms with E-state index in [4.69, 9.17) is 14.5 Å². The van der Waals surface area contributed by atoms with E-state index in [9.17, 15) is 34.5 Å². The van der Waals surface area contributed by atoms with Crippen LogP contribution < -0.4 is 21.4 Å². The van der Waals surface area contributed by atoms with Crippen LogP contribution in [0.15, 0.2) is 116 Å². The number of ether oxygens (including phenoxy) is 2. The number of carbonyl (C=O) groups excluding carboxylic acids is 5. The highest BCUT2D eigenvalue weighted by atomic mass is 16.5. The molecule has 0 saturated carbocycles. The van der Waals surface area contributed by atoms with Crippen LogP contribution in [-0.2, 0) is 25.6 Å². The number of nitrogens with one attached hydrogen (secondary N) is 4. The molecule has 2 aromatic heterocycles. The molecule has 4 heterocycles. The molecule has 4 aromatic carbocycles. The number of allylic oxidation sites excluding steroid dienone is 1. The van der Waals surface area contributed by atoms with Crippen LogP contribution in [0.1, 0.15) is 68.7 Å². The zero-order valence-corrected chi connectivity index (χ0v) is 36.7. The molecule has 5 amide bonds. The van der Waals surface area contributed by atoms with Gasteiger partial charge in [0.15, 0.2) is 0 Å².